The number of rotatable bonds is 5. The number of piperidine rings is 1. The zero-order valence-electron chi connectivity index (χ0n) is 10.6. The first-order valence-corrected chi connectivity index (χ1v) is 6.23. The Morgan fingerprint density at radius 2 is 2.31 bits per heavy atom. The third-order valence-corrected chi connectivity index (χ3v) is 3.12. The van der Waals surface area contributed by atoms with Crippen LogP contribution in [0.1, 0.15) is 40.0 Å². The maximum atomic E-state index is 12.0. The summed E-state index contributed by atoms with van der Waals surface area (Å²) in [4.78, 5) is 12.0. The second-order valence-corrected chi connectivity index (χ2v) is 4.69. The minimum atomic E-state index is -0.385. The molecule has 0 aromatic heterocycles. The van der Waals surface area contributed by atoms with Crippen LogP contribution in [0, 0.1) is 0 Å². The van der Waals surface area contributed by atoms with E-state index >= 15 is 0 Å². The van der Waals surface area contributed by atoms with E-state index in [-0.39, 0.29) is 17.6 Å². The molecule has 0 saturated carbocycles. The quantitative estimate of drug-likeness (QED) is 0.740. The number of ether oxygens (including phenoxy) is 1. The number of hydrogen-bond acceptors (Lipinski definition) is 3. The van der Waals surface area contributed by atoms with Crippen LogP contribution in [0.25, 0.3) is 0 Å². The van der Waals surface area contributed by atoms with Gasteiger partial charge in [-0.25, -0.2) is 0 Å². The van der Waals surface area contributed by atoms with Crippen LogP contribution in [-0.2, 0) is 9.53 Å². The summed E-state index contributed by atoms with van der Waals surface area (Å²) in [7, 11) is 0. The van der Waals surface area contributed by atoms with Crippen molar-refractivity contribution in [2.24, 2.45) is 0 Å². The highest BCUT2D eigenvalue weighted by molar-refractivity contribution is 5.85. The fourth-order valence-electron chi connectivity index (χ4n) is 2.02. The lowest BCUT2D eigenvalue weighted by molar-refractivity contribution is -0.128. The molecule has 0 aliphatic carbocycles. The van der Waals surface area contributed by atoms with Crippen molar-refractivity contribution in [2.75, 3.05) is 19.7 Å². The molecule has 0 spiro atoms. The summed E-state index contributed by atoms with van der Waals surface area (Å²) < 4.78 is 5.38. The first kappa shape index (κ1) is 13.5. The summed E-state index contributed by atoms with van der Waals surface area (Å²) in [5.74, 6) is 0.0961. The molecule has 1 rings (SSSR count). The van der Waals surface area contributed by atoms with Crippen molar-refractivity contribution in [1.82, 2.24) is 10.6 Å². The number of amides is 1. The SMILES string of the molecule is CCOC(C)CNC(=O)C1(C)CCCCN1. The molecule has 0 aromatic carbocycles. The van der Waals surface area contributed by atoms with Crippen molar-refractivity contribution < 1.29 is 9.53 Å². The van der Waals surface area contributed by atoms with Crippen molar-refractivity contribution in [3.05, 3.63) is 0 Å². The predicted molar refractivity (Wildman–Crippen MR) is 64.4 cm³/mol. The van der Waals surface area contributed by atoms with E-state index in [9.17, 15) is 4.79 Å². The number of nitrogens with one attached hydrogen (secondary N) is 2. The summed E-state index contributed by atoms with van der Waals surface area (Å²) in [5, 5.41) is 6.25. The molecule has 1 aliphatic rings. The predicted octanol–water partition coefficient (Wildman–Crippen LogP) is 1.06. The van der Waals surface area contributed by atoms with Gasteiger partial charge in [-0.2, -0.15) is 0 Å². The molecule has 2 N–H and O–H groups in total. The van der Waals surface area contributed by atoms with E-state index in [2.05, 4.69) is 10.6 Å². The molecule has 1 amide bonds. The van der Waals surface area contributed by atoms with Gasteiger partial charge in [-0.3, -0.25) is 4.79 Å². The Kier molecular flexibility index (Phi) is 5.22. The largest absolute Gasteiger partial charge is 0.377 e. The topological polar surface area (TPSA) is 50.4 Å². The minimum Gasteiger partial charge on any atom is -0.377 e. The van der Waals surface area contributed by atoms with Gasteiger partial charge in [0.25, 0.3) is 0 Å². The van der Waals surface area contributed by atoms with Crippen LogP contribution in [0.3, 0.4) is 0 Å². The molecule has 2 atom stereocenters. The van der Waals surface area contributed by atoms with Crippen LogP contribution >= 0.6 is 0 Å². The lowest BCUT2D eigenvalue weighted by Gasteiger charge is -2.33. The smallest absolute Gasteiger partial charge is 0.240 e. The minimum absolute atomic E-state index is 0.0844. The van der Waals surface area contributed by atoms with Gasteiger partial charge < -0.3 is 15.4 Å². The van der Waals surface area contributed by atoms with Gasteiger partial charge in [0.15, 0.2) is 0 Å². The van der Waals surface area contributed by atoms with E-state index in [1.165, 1.54) is 0 Å². The molecule has 94 valence electrons. The van der Waals surface area contributed by atoms with Crippen LogP contribution in [0.4, 0.5) is 0 Å². The van der Waals surface area contributed by atoms with Gasteiger partial charge in [-0.1, -0.05) is 0 Å². The molecule has 0 aromatic rings. The lowest BCUT2D eigenvalue weighted by Crippen LogP contribution is -2.57. The Balaban J connectivity index is 2.33. The van der Waals surface area contributed by atoms with Gasteiger partial charge in [-0.05, 0) is 46.6 Å². The average Bonchev–Trinajstić information content (AvgIpc) is 2.27. The normalized spacial score (nSPS) is 27.4. The van der Waals surface area contributed by atoms with Crippen LogP contribution in [0.2, 0.25) is 0 Å². The van der Waals surface area contributed by atoms with Crippen molar-refractivity contribution in [3.8, 4) is 0 Å². The summed E-state index contributed by atoms with van der Waals surface area (Å²) in [6.07, 6.45) is 3.29. The zero-order chi connectivity index (χ0) is 12.0. The Bertz CT molecular complexity index is 225. The van der Waals surface area contributed by atoms with Gasteiger partial charge in [0.05, 0.1) is 11.6 Å². The van der Waals surface area contributed by atoms with Crippen LogP contribution in [-0.4, -0.2) is 37.2 Å². The molecular weight excluding hydrogens is 204 g/mol. The van der Waals surface area contributed by atoms with Gasteiger partial charge in [0.1, 0.15) is 0 Å². The first-order chi connectivity index (χ1) is 7.58. The molecule has 4 heteroatoms. The van der Waals surface area contributed by atoms with E-state index in [0.717, 1.165) is 25.8 Å². The standard InChI is InChI=1S/C12H24N2O2/c1-4-16-10(2)9-13-11(15)12(3)7-5-6-8-14-12/h10,14H,4-9H2,1-3H3,(H,13,15). The van der Waals surface area contributed by atoms with Crippen molar-refractivity contribution in [3.63, 3.8) is 0 Å². The lowest BCUT2D eigenvalue weighted by atomic mass is 9.90. The molecule has 4 nitrogen and oxygen atoms in total. The van der Waals surface area contributed by atoms with E-state index in [1.54, 1.807) is 0 Å². The highest BCUT2D eigenvalue weighted by Gasteiger charge is 2.33. The molecule has 1 heterocycles. The molecule has 1 saturated heterocycles. The van der Waals surface area contributed by atoms with Gasteiger partial charge in [0.2, 0.25) is 5.91 Å². The van der Waals surface area contributed by atoms with Gasteiger partial charge >= 0.3 is 0 Å². The van der Waals surface area contributed by atoms with E-state index in [4.69, 9.17) is 4.74 Å². The molecule has 2 unspecified atom stereocenters. The summed E-state index contributed by atoms with van der Waals surface area (Å²) in [6, 6.07) is 0. The third-order valence-electron chi connectivity index (χ3n) is 3.12. The molecule has 1 fully saturated rings. The summed E-state index contributed by atoms with van der Waals surface area (Å²) in [6.45, 7) is 8.12. The highest BCUT2D eigenvalue weighted by Crippen LogP contribution is 2.18. The second kappa shape index (κ2) is 6.21. The third kappa shape index (κ3) is 3.76. The number of carbonyl (C=O) groups excluding carboxylic acids is 1. The van der Waals surface area contributed by atoms with Gasteiger partial charge in [-0.15, -0.1) is 0 Å². The Hall–Kier alpha value is -0.610. The zero-order valence-corrected chi connectivity index (χ0v) is 10.6. The van der Waals surface area contributed by atoms with Crippen LogP contribution < -0.4 is 10.6 Å². The summed E-state index contributed by atoms with van der Waals surface area (Å²) >= 11 is 0. The average molecular weight is 228 g/mol. The number of carbonyl (C=O) groups is 1. The fourth-order valence-corrected chi connectivity index (χ4v) is 2.02. The second-order valence-electron chi connectivity index (χ2n) is 4.69. The molecular formula is C12H24N2O2. The van der Waals surface area contributed by atoms with E-state index < -0.39 is 0 Å². The van der Waals surface area contributed by atoms with E-state index in [1.807, 2.05) is 20.8 Å². The monoisotopic (exact) mass is 228 g/mol. The van der Waals surface area contributed by atoms with Crippen molar-refractivity contribution in [1.29, 1.82) is 0 Å². The maximum absolute atomic E-state index is 12.0. The van der Waals surface area contributed by atoms with Gasteiger partial charge in [0, 0.05) is 13.2 Å². The first-order valence-electron chi connectivity index (χ1n) is 6.23. The molecule has 0 bridgehead atoms. The Labute approximate surface area is 98.1 Å². The highest BCUT2D eigenvalue weighted by atomic mass is 16.5. The maximum Gasteiger partial charge on any atom is 0.240 e. The van der Waals surface area contributed by atoms with Crippen molar-refractivity contribution >= 4 is 5.91 Å². The Morgan fingerprint density at radius 3 is 2.88 bits per heavy atom. The van der Waals surface area contributed by atoms with E-state index in [0.29, 0.717) is 13.2 Å². The molecule has 16 heavy (non-hydrogen) atoms. The van der Waals surface area contributed by atoms with Crippen molar-refractivity contribution in [2.45, 2.75) is 51.7 Å². The Morgan fingerprint density at radius 1 is 1.56 bits per heavy atom. The summed E-state index contributed by atoms with van der Waals surface area (Å²) in [5.41, 5.74) is -0.385. The number of hydrogen-bond donors (Lipinski definition) is 2. The van der Waals surface area contributed by atoms with Crippen LogP contribution in [0.5, 0.6) is 0 Å². The fraction of sp³-hybridized carbons (Fsp3) is 0.917. The molecule has 0 radical (unpaired) electrons. The van der Waals surface area contributed by atoms with Crippen LogP contribution in [0.15, 0.2) is 0 Å². The molecule has 1 aliphatic heterocycles.